The zero-order valence-electron chi connectivity index (χ0n) is 8.74. The Balaban J connectivity index is 2.62. The molecule has 0 aliphatic carbocycles. The molecule has 0 saturated heterocycles. The third-order valence-electron chi connectivity index (χ3n) is 1.84. The minimum atomic E-state index is -0.974. The maximum atomic E-state index is 10.2. The van der Waals surface area contributed by atoms with Crippen molar-refractivity contribution in [3.05, 3.63) is 35.4 Å². The number of aliphatic carboxylic acids is 1. The first-order chi connectivity index (χ1) is 7.63. The predicted molar refractivity (Wildman–Crippen MR) is 63.3 cm³/mol. The number of halogens is 1. The SMILES string of the molecule is COc1ccc(Cl)c(NC/C=C/C(=O)O)c1. The summed E-state index contributed by atoms with van der Waals surface area (Å²) < 4.78 is 5.04. The standard InChI is InChI=1S/C11H12ClNO3/c1-16-8-4-5-9(12)10(7-8)13-6-2-3-11(14)15/h2-5,7,13H,6H2,1H3,(H,14,15)/b3-2+. The van der Waals surface area contributed by atoms with E-state index >= 15 is 0 Å². The van der Waals surface area contributed by atoms with Crippen molar-refractivity contribution in [3.8, 4) is 5.75 Å². The van der Waals surface area contributed by atoms with Crippen LogP contribution in [-0.4, -0.2) is 24.7 Å². The van der Waals surface area contributed by atoms with E-state index in [1.54, 1.807) is 25.3 Å². The number of nitrogens with one attached hydrogen (secondary N) is 1. The number of carbonyl (C=O) groups is 1. The summed E-state index contributed by atoms with van der Waals surface area (Å²) in [5.74, 6) is -0.285. The molecule has 1 rings (SSSR count). The lowest BCUT2D eigenvalue weighted by Gasteiger charge is -2.07. The van der Waals surface area contributed by atoms with Gasteiger partial charge in [-0.2, -0.15) is 0 Å². The number of benzene rings is 1. The van der Waals surface area contributed by atoms with Crippen LogP contribution in [0.25, 0.3) is 0 Å². The molecule has 0 heterocycles. The minimum Gasteiger partial charge on any atom is -0.497 e. The Labute approximate surface area is 98.5 Å². The van der Waals surface area contributed by atoms with Crippen LogP contribution in [0.15, 0.2) is 30.4 Å². The maximum Gasteiger partial charge on any atom is 0.328 e. The van der Waals surface area contributed by atoms with Crippen LogP contribution in [0, 0.1) is 0 Å². The highest BCUT2D eigenvalue weighted by Gasteiger charge is 2.00. The first kappa shape index (κ1) is 12.4. The second-order valence-corrected chi connectivity index (χ2v) is 3.37. The van der Waals surface area contributed by atoms with E-state index in [1.165, 1.54) is 6.08 Å². The van der Waals surface area contributed by atoms with Gasteiger partial charge in [0, 0.05) is 18.7 Å². The summed E-state index contributed by atoms with van der Waals surface area (Å²) in [6.07, 6.45) is 2.57. The Kier molecular flexibility index (Phi) is 4.66. The highest BCUT2D eigenvalue weighted by molar-refractivity contribution is 6.33. The van der Waals surface area contributed by atoms with Crippen molar-refractivity contribution in [1.82, 2.24) is 0 Å². The summed E-state index contributed by atoms with van der Waals surface area (Å²) in [7, 11) is 1.57. The molecule has 1 aromatic carbocycles. The lowest BCUT2D eigenvalue weighted by molar-refractivity contribution is -0.131. The monoisotopic (exact) mass is 241 g/mol. The fraction of sp³-hybridized carbons (Fsp3) is 0.182. The van der Waals surface area contributed by atoms with E-state index in [4.69, 9.17) is 21.4 Å². The van der Waals surface area contributed by atoms with Gasteiger partial charge < -0.3 is 15.2 Å². The topological polar surface area (TPSA) is 58.6 Å². The quantitative estimate of drug-likeness (QED) is 0.778. The van der Waals surface area contributed by atoms with E-state index in [0.29, 0.717) is 23.0 Å². The van der Waals surface area contributed by atoms with E-state index in [-0.39, 0.29) is 0 Å². The van der Waals surface area contributed by atoms with Gasteiger partial charge in [-0.05, 0) is 12.1 Å². The summed E-state index contributed by atoms with van der Waals surface area (Å²) in [5, 5.41) is 11.9. The van der Waals surface area contributed by atoms with Gasteiger partial charge >= 0.3 is 5.97 Å². The van der Waals surface area contributed by atoms with Crippen molar-refractivity contribution in [1.29, 1.82) is 0 Å². The fourth-order valence-corrected chi connectivity index (χ4v) is 1.28. The summed E-state index contributed by atoms with van der Waals surface area (Å²) in [5.41, 5.74) is 0.705. The molecule has 0 saturated carbocycles. The summed E-state index contributed by atoms with van der Waals surface area (Å²) in [6, 6.07) is 5.21. The van der Waals surface area contributed by atoms with Gasteiger partial charge in [-0.1, -0.05) is 17.7 Å². The Bertz CT molecular complexity index is 404. The van der Waals surface area contributed by atoms with Crippen molar-refractivity contribution >= 4 is 23.3 Å². The molecule has 0 aliphatic rings. The largest absolute Gasteiger partial charge is 0.497 e. The molecule has 2 N–H and O–H groups in total. The summed E-state index contributed by atoms with van der Waals surface area (Å²) in [6.45, 7) is 0.388. The summed E-state index contributed by atoms with van der Waals surface area (Å²) >= 11 is 5.94. The molecule has 4 nitrogen and oxygen atoms in total. The van der Waals surface area contributed by atoms with Crippen molar-refractivity contribution in [2.24, 2.45) is 0 Å². The summed E-state index contributed by atoms with van der Waals surface area (Å²) in [4.78, 5) is 10.2. The molecule has 5 heteroatoms. The molecule has 0 fully saturated rings. The number of ether oxygens (including phenoxy) is 1. The van der Waals surface area contributed by atoms with Crippen LogP contribution in [0.5, 0.6) is 5.75 Å². The zero-order valence-corrected chi connectivity index (χ0v) is 9.49. The van der Waals surface area contributed by atoms with Crippen molar-refractivity contribution < 1.29 is 14.6 Å². The van der Waals surface area contributed by atoms with Gasteiger partial charge in [0.1, 0.15) is 5.75 Å². The van der Waals surface area contributed by atoms with Gasteiger partial charge in [0.2, 0.25) is 0 Å². The van der Waals surface area contributed by atoms with Gasteiger partial charge in [0.25, 0.3) is 0 Å². The predicted octanol–water partition coefficient (Wildman–Crippen LogP) is 2.40. The number of anilines is 1. The number of carboxylic acid groups (broad SMARTS) is 1. The fourth-order valence-electron chi connectivity index (χ4n) is 1.10. The van der Waals surface area contributed by atoms with Crippen LogP contribution in [0.3, 0.4) is 0 Å². The number of hydrogen-bond donors (Lipinski definition) is 2. The van der Waals surface area contributed by atoms with E-state index in [0.717, 1.165) is 6.08 Å². The molecule has 0 unspecified atom stereocenters. The van der Waals surface area contributed by atoms with E-state index in [1.807, 2.05) is 0 Å². The van der Waals surface area contributed by atoms with Crippen molar-refractivity contribution in [3.63, 3.8) is 0 Å². The van der Waals surface area contributed by atoms with Crippen molar-refractivity contribution in [2.45, 2.75) is 0 Å². The normalized spacial score (nSPS) is 10.4. The van der Waals surface area contributed by atoms with Crippen LogP contribution in [0.2, 0.25) is 5.02 Å². The molecule has 0 aliphatic heterocycles. The highest BCUT2D eigenvalue weighted by Crippen LogP contribution is 2.26. The second kappa shape index (κ2) is 6.02. The average Bonchev–Trinajstić information content (AvgIpc) is 2.26. The van der Waals surface area contributed by atoms with Crippen LogP contribution < -0.4 is 10.1 Å². The number of methoxy groups -OCH3 is 1. The molecule has 0 radical (unpaired) electrons. The first-order valence-corrected chi connectivity index (χ1v) is 4.98. The maximum absolute atomic E-state index is 10.2. The van der Waals surface area contributed by atoms with Crippen LogP contribution >= 0.6 is 11.6 Å². The van der Waals surface area contributed by atoms with Crippen LogP contribution in [0.4, 0.5) is 5.69 Å². The van der Waals surface area contributed by atoms with Gasteiger partial charge in [0.15, 0.2) is 0 Å². The minimum absolute atomic E-state index is 0.388. The molecule has 86 valence electrons. The Morgan fingerprint density at radius 1 is 1.62 bits per heavy atom. The molecule has 0 bridgehead atoms. The van der Waals surface area contributed by atoms with E-state index < -0.39 is 5.97 Å². The molecule has 1 aromatic rings. The Morgan fingerprint density at radius 2 is 2.38 bits per heavy atom. The number of carboxylic acids is 1. The van der Waals surface area contributed by atoms with Gasteiger partial charge in [-0.3, -0.25) is 0 Å². The zero-order chi connectivity index (χ0) is 12.0. The third kappa shape index (κ3) is 3.82. The lowest BCUT2D eigenvalue weighted by Crippen LogP contribution is -2.00. The highest BCUT2D eigenvalue weighted by atomic mass is 35.5. The Morgan fingerprint density at radius 3 is 3.00 bits per heavy atom. The average molecular weight is 242 g/mol. The second-order valence-electron chi connectivity index (χ2n) is 2.97. The smallest absolute Gasteiger partial charge is 0.328 e. The van der Waals surface area contributed by atoms with E-state index in [2.05, 4.69) is 5.32 Å². The third-order valence-corrected chi connectivity index (χ3v) is 2.17. The van der Waals surface area contributed by atoms with Gasteiger partial charge in [-0.25, -0.2) is 4.79 Å². The molecule has 16 heavy (non-hydrogen) atoms. The van der Waals surface area contributed by atoms with Crippen molar-refractivity contribution in [2.75, 3.05) is 19.0 Å². The van der Waals surface area contributed by atoms with Gasteiger partial charge in [-0.15, -0.1) is 0 Å². The lowest BCUT2D eigenvalue weighted by atomic mass is 10.3. The molecular weight excluding hydrogens is 230 g/mol. The van der Waals surface area contributed by atoms with E-state index in [9.17, 15) is 4.79 Å². The Hall–Kier alpha value is -1.68. The number of rotatable bonds is 5. The number of hydrogen-bond acceptors (Lipinski definition) is 3. The first-order valence-electron chi connectivity index (χ1n) is 4.60. The molecule has 0 aromatic heterocycles. The molecule has 0 spiro atoms. The molecule has 0 amide bonds. The molecular formula is C11H12ClNO3. The van der Waals surface area contributed by atoms with Crippen LogP contribution in [-0.2, 0) is 4.79 Å². The van der Waals surface area contributed by atoms with Crippen LogP contribution in [0.1, 0.15) is 0 Å². The van der Waals surface area contributed by atoms with Gasteiger partial charge in [0.05, 0.1) is 17.8 Å². The molecule has 0 atom stereocenters.